The smallest absolute Gasteiger partial charge is 0.232 e. The Morgan fingerprint density at radius 2 is 1.75 bits per heavy atom. The fraction of sp³-hybridized carbons (Fsp3) is 0.333. The highest BCUT2D eigenvalue weighted by Crippen LogP contribution is 2.15. The minimum atomic E-state index is -3.37. The van der Waals surface area contributed by atoms with Gasteiger partial charge in [0, 0.05) is 18.3 Å². The molecule has 6 heteroatoms. The average Bonchev–Trinajstić information content (AvgIpc) is 2.55. The summed E-state index contributed by atoms with van der Waals surface area (Å²) in [4.78, 5) is 0. The van der Waals surface area contributed by atoms with Crippen molar-refractivity contribution < 1.29 is 13.2 Å². The number of hydrogen-bond acceptors (Lipinski definition) is 4. The van der Waals surface area contributed by atoms with Gasteiger partial charge in [0.05, 0.1) is 12.4 Å². The maximum atomic E-state index is 12.1. The summed E-state index contributed by atoms with van der Waals surface area (Å²) in [5.74, 6) is 0.0246. The molecule has 0 heterocycles. The molecule has 0 aliphatic rings. The first kappa shape index (κ1) is 18.4. The van der Waals surface area contributed by atoms with Gasteiger partial charge in [0.15, 0.2) is 0 Å². The van der Waals surface area contributed by atoms with Crippen LogP contribution in [-0.2, 0) is 21.4 Å². The minimum Gasteiger partial charge on any atom is -0.377 e. The zero-order valence-corrected chi connectivity index (χ0v) is 14.6. The molecule has 0 saturated carbocycles. The van der Waals surface area contributed by atoms with E-state index in [2.05, 4.69) is 4.72 Å². The Morgan fingerprint density at radius 3 is 2.38 bits per heavy atom. The molecule has 130 valence electrons. The number of benzene rings is 2. The number of ether oxygens (including phenoxy) is 1. The van der Waals surface area contributed by atoms with Crippen molar-refractivity contribution in [2.75, 3.05) is 17.1 Å². The molecule has 0 aliphatic heterocycles. The molecule has 5 nitrogen and oxygen atoms in total. The normalized spacial score (nSPS) is 12.8. The van der Waals surface area contributed by atoms with E-state index in [0.717, 1.165) is 11.1 Å². The molecule has 0 saturated heterocycles. The van der Waals surface area contributed by atoms with E-state index in [-0.39, 0.29) is 11.8 Å². The van der Waals surface area contributed by atoms with Crippen molar-refractivity contribution in [1.82, 2.24) is 0 Å². The third-order valence-corrected chi connectivity index (χ3v) is 4.90. The molecular formula is C18H24N2O3S. The SMILES string of the molecule is CC(N)c1ccc(NS(=O)(=O)CCCOCc2ccccc2)cc1. The maximum Gasteiger partial charge on any atom is 0.232 e. The number of sulfonamides is 1. The maximum absolute atomic E-state index is 12.1. The van der Waals surface area contributed by atoms with Gasteiger partial charge in [-0.15, -0.1) is 0 Å². The van der Waals surface area contributed by atoms with Gasteiger partial charge in [-0.3, -0.25) is 4.72 Å². The van der Waals surface area contributed by atoms with E-state index in [1.807, 2.05) is 49.4 Å². The molecule has 1 unspecified atom stereocenters. The summed E-state index contributed by atoms with van der Waals surface area (Å²) >= 11 is 0. The molecule has 0 aromatic heterocycles. The standard InChI is InChI=1S/C18H24N2O3S/c1-15(19)17-8-10-18(11-9-17)20-24(21,22)13-5-12-23-14-16-6-3-2-4-7-16/h2-4,6-11,15,20H,5,12-14,19H2,1H3. The summed E-state index contributed by atoms with van der Waals surface area (Å²) in [5, 5.41) is 0. The van der Waals surface area contributed by atoms with Crippen molar-refractivity contribution in [3.05, 3.63) is 65.7 Å². The summed E-state index contributed by atoms with van der Waals surface area (Å²) in [6.07, 6.45) is 0.445. The van der Waals surface area contributed by atoms with E-state index >= 15 is 0 Å². The summed E-state index contributed by atoms with van der Waals surface area (Å²) < 4.78 is 32.2. The van der Waals surface area contributed by atoms with Gasteiger partial charge in [-0.05, 0) is 36.6 Å². The van der Waals surface area contributed by atoms with Crippen LogP contribution in [0.25, 0.3) is 0 Å². The number of nitrogens with one attached hydrogen (secondary N) is 1. The Hall–Kier alpha value is -1.89. The molecule has 3 N–H and O–H groups in total. The lowest BCUT2D eigenvalue weighted by Gasteiger charge is -2.10. The molecule has 2 aromatic carbocycles. The van der Waals surface area contributed by atoms with Gasteiger partial charge in [-0.25, -0.2) is 8.42 Å². The number of rotatable bonds is 9. The third kappa shape index (κ3) is 6.31. The van der Waals surface area contributed by atoms with Gasteiger partial charge in [0.1, 0.15) is 0 Å². The Morgan fingerprint density at radius 1 is 1.08 bits per heavy atom. The molecule has 0 amide bonds. The van der Waals surface area contributed by atoms with Crippen molar-refractivity contribution in [2.24, 2.45) is 5.73 Å². The second-order valence-corrected chi connectivity index (χ2v) is 7.57. The molecule has 0 bridgehead atoms. The van der Waals surface area contributed by atoms with Crippen molar-refractivity contribution in [2.45, 2.75) is 26.0 Å². The fourth-order valence-electron chi connectivity index (χ4n) is 2.20. The van der Waals surface area contributed by atoms with Crippen LogP contribution in [0.3, 0.4) is 0 Å². The zero-order valence-electron chi connectivity index (χ0n) is 13.8. The van der Waals surface area contributed by atoms with Crippen molar-refractivity contribution in [3.63, 3.8) is 0 Å². The van der Waals surface area contributed by atoms with Gasteiger partial charge in [-0.2, -0.15) is 0 Å². The van der Waals surface area contributed by atoms with E-state index < -0.39 is 10.0 Å². The van der Waals surface area contributed by atoms with Crippen LogP contribution < -0.4 is 10.5 Å². The number of hydrogen-bond donors (Lipinski definition) is 2. The molecular weight excluding hydrogens is 324 g/mol. The van der Waals surface area contributed by atoms with E-state index in [0.29, 0.717) is 25.3 Å². The zero-order chi connectivity index (χ0) is 17.4. The topological polar surface area (TPSA) is 81.4 Å². The highest BCUT2D eigenvalue weighted by Gasteiger charge is 2.10. The summed E-state index contributed by atoms with van der Waals surface area (Å²) in [5.41, 5.74) is 8.36. The van der Waals surface area contributed by atoms with E-state index in [9.17, 15) is 8.42 Å². The quantitative estimate of drug-likeness (QED) is 0.683. The van der Waals surface area contributed by atoms with Crippen LogP contribution in [0.1, 0.15) is 30.5 Å². The van der Waals surface area contributed by atoms with Gasteiger partial charge in [0.2, 0.25) is 10.0 Å². The first-order valence-electron chi connectivity index (χ1n) is 7.94. The molecule has 24 heavy (non-hydrogen) atoms. The van der Waals surface area contributed by atoms with E-state index in [1.54, 1.807) is 12.1 Å². The van der Waals surface area contributed by atoms with Gasteiger partial charge < -0.3 is 10.5 Å². The van der Waals surface area contributed by atoms with Gasteiger partial charge >= 0.3 is 0 Å². The average molecular weight is 348 g/mol. The van der Waals surface area contributed by atoms with Crippen molar-refractivity contribution in [3.8, 4) is 0 Å². The molecule has 0 radical (unpaired) electrons. The Bertz CT molecular complexity index is 714. The van der Waals surface area contributed by atoms with Crippen LogP contribution in [0, 0.1) is 0 Å². The second kappa shape index (κ2) is 8.82. The van der Waals surface area contributed by atoms with Crippen LogP contribution in [0.15, 0.2) is 54.6 Å². The first-order valence-corrected chi connectivity index (χ1v) is 9.59. The number of nitrogens with two attached hydrogens (primary N) is 1. The highest BCUT2D eigenvalue weighted by molar-refractivity contribution is 7.92. The largest absolute Gasteiger partial charge is 0.377 e. The molecule has 0 fully saturated rings. The lowest BCUT2D eigenvalue weighted by atomic mass is 10.1. The van der Waals surface area contributed by atoms with Crippen LogP contribution in [-0.4, -0.2) is 20.8 Å². The predicted molar refractivity (Wildman–Crippen MR) is 97.2 cm³/mol. The van der Waals surface area contributed by atoms with Crippen LogP contribution in [0.5, 0.6) is 0 Å². The molecule has 2 aromatic rings. The van der Waals surface area contributed by atoms with Gasteiger partial charge in [-0.1, -0.05) is 42.5 Å². The monoisotopic (exact) mass is 348 g/mol. The second-order valence-electron chi connectivity index (χ2n) is 5.72. The van der Waals surface area contributed by atoms with E-state index in [1.165, 1.54) is 0 Å². The summed E-state index contributed by atoms with van der Waals surface area (Å²) in [7, 11) is -3.37. The molecule has 0 spiro atoms. The first-order chi connectivity index (χ1) is 11.5. The fourth-order valence-corrected chi connectivity index (χ4v) is 3.30. The minimum absolute atomic E-state index is 0.0246. The Labute approximate surface area is 143 Å². The summed E-state index contributed by atoms with van der Waals surface area (Å²) in [6, 6.07) is 16.8. The van der Waals surface area contributed by atoms with Crippen LogP contribution >= 0.6 is 0 Å². The van der Waals surface area contributed by atoms with Crippen LogP contribution in [0.2, 0.25) is 0 Å². The number of anilines is 1. The predicted octanol–water partition coefficient (Wildman–Crippen LogP) is 3.05. The van der Waals surface area contributed by atoms with Crippen molar-refractivity contribution in [1.29, 1.82) is 0 Å². The molecule has 2 rings (SSSR count). The lowest BCUT2D eigenvalue weighted by molar-refractivity contribution is 0.122. The lowest BCUT2D eigenvalue weighted by Crippen LogP contribution is -2.18. The summed E-state index contributed by atoms with van der Waals surface area (Å²) in [6.45, 7) is 2.78. The Balaban J connectivity index is 1.73. The van der Waals surface area contributed by atoms with Crippen molar-refractivity contribution >= 4 is 15.7 Å². The third-order valence-electron chi connectivity index (χ3n) is 3.52. The van der Waals surface area contributed by atoms with E-state index in [4.69, 9.17) is 10.5 Å². The van der Waals surface area contributed by atoms with Gasteiger partial charge in [0.25, 0.3) is 0 Å². The highest BCUT2D eigenvalue weighted by atomic mass is 32.2. The van der Waals surface area contributed by atoms with Crippen LogP contribution in [0.4, 0.5) is 5.69 Å². The molecule has 0 aliphatic carbocycles. The Kier molecular flexibility index (Phi) is 6.78. The molecule has 1 atom stereocenters.